The average molecular weight is 226 g/mol. The van der Waals surface area contributed by atoms with Crippen molar-refractivity contribution < 1.29 is 4.79 Å². The van der Waals surface area contributed by atoms with Crippen molar-refractivity contribution >= 4 is 22.7 Å². The number of hydrogen-bond donors (Lipinski definition) is 1. The van der Waals surface area contributed by atoms with Gasteiger partial charge in [-0.05, 0) is 26.5 Å². The number of thioether (sulfide) groups is 1. The first-order valence-electron chi connectivity index (χ1n) is 5.20. The van der Waals surface area contributed by atoms with Crippen molar-refractivity contribution in [2.45, 2.75) is 39.7 Å². The average Bonchev–Trinajstić information content (AvgIpc) is 2.16. The molecule has 0 bridgehead atoms. The van der Waals surface area contributed by atoms with Crippen LogP contribution in [-0.2, 0) is 4.79 Å². The zero-order valence-corrected chi connectivity index (χ0v) is 10.6. The molecule has 0 saturated carbocycles. The minimum absolute atomic E-state index is 0.0520. The number of carbonyl (C=O) groups excluding carboxylic acids is 1. The Labute approximate surface area is 95.4 Å². The van der Waals surface area contributed by atoms with E-state index in [4.69, 9.17) is 0 Å². The maximum Gasteiger partial charge on any atom is 0.161 e. The van der Waals surface area contributed by atoms with E-state index in [1.54, 1.807) is 18.7 Å². The van der Waals surface area contributed by atoms with Gasteiger partial charge in [-0.3, -0.25) is 9.79 Å². The molecule has 0 aromatic carbocycles. The van der Waals surface area contributed by atoms with Gasteiger partial charge < -0.3 is 5.32 Å². The van der Waals surface area contributed by atoms with Gasteiger partial charge in [-0.1, -0.05) is 25.1 Å². The van der Waals surface area contributed by atoms with Gasteiger partial charge in [0.05, 0.1) is 6.04 Å². The van der Waals surface area contributed by atoms with Gasteiger partial charge in [-0.25, -0.2) is 0 Å². The number of aliphatic imine (C=N–C) groups is 1. The molecule has 3 nitrogen and oxygen atoms in total. The standard InChI is InChI=1S/C11H18N2OS/c1-5-6-9-10(8(3)14)7(2)12-11(13-9)15-4/h9H,5-6H2,1-4H3,(H,12,13)/t9-/m1/s1. The summed E-state index contributed by atoms with van der Waals surface area (Å²) in [6.07, 6.45) is 3.97. The third-order valence-electron chi connectivity index (χ3n) is 2.44. The molecule has 0 aliphatic carbocycles. The van der Waals surface area contributed by atoms with Crippen molar-refractivity contribution in [3.8, 4) is 0 Å². The highest BCUT2D eigenvalue weighted by molar-refractivity contribution is 8.13. The van der Waals surface area contributed by atoms with Gasteiger partial charge in [0.2, 0.25) is 0 Å². The second-order valence-electron chi connectivity index (χ2n) is 3.66. The Kier molecular flexibility index (Phi) is 4.39. The van der Waals surface area contributed by atoms with Crippen LogP contribution in [0.3, 0.4) is 0 Å². The van der Waals surface area contributed by atoms with Crippen molar-refractivity contribution in [3.05, 3.63) is 11.3 Å². The largest absolute Gasteiger partial charge is 0.338 e. The highest BCUT2D eigenvalue weighted by Gasteiger charge is 2.24. The van der Waals surface area contributed by atoms with E-state index in [1.807, 2.05) is 13.2 Å². The summed E-state index contributed by atoms with van der Waals surface area (Å²) >= 11 is 1.59. The van der Waals surface area contributed by atoms with Crippen molar-refractivity contribution in [1.82, 2.24) is 5.32 Å². The molecule has 15 heavy (non-hydrogen) atoms. The van der Waals surface area contributed by atoms with Crippen molar-refractivity contribution in [2.75, 3.05) is 6.26 Å². The number of carbonyl (C=O) groups is 1. The molecule has 1 atom stereocenters. The maximum absolute atomic E-state index is 11.5. The summed E-state index contributed by atoms with van der Waals surface area (Å²) in [4.78, 5) is 16.0. The Morgan fingerprint density at radius 1 is 1.60 bits per heavy atom. The Bertz CT molecular complexity index is 321. The van der Waals surface area contributed by atoms with Gasteiger partial charge in [-0.15, -0.1) is 0 Å². The van der Waals surface area contributed by atoms with E-state index < -0.39 is 0 Å². The quantitative estimate of drug-likeness (QED) is 0.803. The van der Waals surface area contributed by atoms with Crippen LogP contribution >= 0.6 is 11.8 Å². The Hall–Kier alpha value is -0.770. The minimum Gasteiger partial charge on any atom is -0.338 e. The molecule has 0 fully saturated rings. The van der Waals surface area contributed by atoms with Crippen molar-refractivity contribution in [3.63, 3.8) is 0 Å². The van der Waals surface area contributed by atoms with E-state index >= 15 is 0 Å². The normalized spacial score (nSPS) is 21.1. The summed E-state index contributed by atoms with van der Waals surface area (Å²) in [5.74, 6) is 0.127. The van der Waals surface area contributed by atoms with Crippen LogP contribution in [0.1, 0.15) is 33.6 Å². The first-order chi connectivity index (χ1) is 7.10. The van der Waals surface area contributed by atoms with Crippen LogP contribution in [0.5, 0.6) is 0 Å². The van der Waals surface area contributed by atoms with Crippen LogP contribution < -0.4 is 5.32 Å². The van der Waals surface area contributed by atoms with E-state index in [-0.39, 0.29) is 11.8 Å². The fourth-order valence-corrected chi connectivity index (χ4v) is 2.29. The summed E-state index contributed by atoms with van der Waals surface area (Å²) in [6, 6.07) is 0.0520. The molecular weight excluding hydrogens is 208 g/mol. The smallest absolute Gasteiger partial charge is 0.161 e. The maximum atomic E-state index is 11.5. The summed E-state index contributed by atoms with van der Waals surface area (Å²) in [5, 5.41) is 4.07. The zero-order valence-electron chi connectivity index (χ0n) is 9.76. The second-order valence-corrected chi connectivity index (χ2v) is 4.46. The third-order valence-corrected chi connectivity index (χ3v) is 3.03. The molecule has 0 spiro atoms. The number of nitrogens with zero attached hydrogens (tertiary/aromatic N) is 1. The molecule has 84 valence electrons. The summed E-state index contributed by atoms with van der Waals surface area (Å²) in [5.41, 5.74) is 1.80. The summed E-state index contributed by atoms with van der Waals surface area (Å²) < 4.78 is 0. The molecule has 1 N–H and O–H groups in total. The van der Waals surface area contributed by atoms with E-state index in [1.165, 1.54) is 0 Å². The van der Waals surface area contributed by atoms with E-state index in [9.17, 15) is 4.79 Å². The lowest BCUT2D eigenvalue weighted by atomic mass is 9.97. The first kappa shape index (κ1) is 12.3. The minimum atomic E-state index is 0.0520. The van der Waals surface area contributed by atoms with Crippen LogP contribution in [0.25, 0.3) is 0 Å². The van der Waals surface area contributed by atoms with E-state index in [2.05, 4.69) is 17.2 Å². The predicted octanol–water partition coefficient (Wildman–Crippen LogP) is 2.34. The Morgan fingerprint density at radius 3 is 2.73 bits per heavy atom. The lowest BCUT2D eigenvalue weighted by molar-refractivity contribution is -0.113. The molecule has 1 aliphatic rings. The van der Waals surface area contributed by atoms with Gasteiger partial charge in [0.15, 0.2) is 11.0 Å². The molecule has 4 heteroatoms. The Morgan fingerprint density at radius 2 is 2.27 bits per heavy atom. The van der Waals surface area contributed by atoms with Crippen molar-refractivity contribution in [2.24, 2.45) is 4.99 Å². The predicted molar refractivity (Wildman–Crippen MR) is 66.2 cm³/mol. The van der Waals surface area contributed by atoms with Gasteiger partial charge in [0.1, 0.15) is 0 Å². The van der Waals surface area contributed by atoms with Crippen LogP contribution in [0.15, 0.2) is 16.3 Å². The number of amidine groups is 1. The molecular formula is C11H18N2OS. The van der Waals surface area contributed by atoms with Gasteiger partial charge in [-0.2, -0.15) is 0 Å². The number of Topliss-reactive ketones (excluding diaryl/α,β-unsaturated/α-hetero) is 1. The van der Waals surface area contributed by atoms with Gasteiger partial charge in [0, 0.05) is 11.3 Å². The monoisotopic (exact) mass is 226 g/mol. The lowest BCUT2D eigenvalue weighted by Crippen LogP contribution is -2.32. The fourth-order valence-electron chi connectivity index (χ4n) is 1.80. The topological polar surface area (TPSA) is 41.5 Å². The zero-order chi connectivity index (χ0) is 11.4. The molecule has 0 radical (unpaired) electrons. The molecule has 0 amide bonds. The van der Waals surface area contributed by atoms with E-state index in [0.29, 0.717) is 0 Å². The highest BCUT2D eigenvalue weighted by Crippen LogP contribution is 2.22. The molecule has 0 aromatic heterocycles. The van der Waals surface area contributed by atoms with E-state index in [0.717, 1.165) is 29.3 Å². The highest BCUT2D eigenvalue weighted by atomic mass is 32.2. The molecule has 1 aliphatic heterocycles. The van der Waals surface area contributed by atoms with Crippen LogP contribution in [0, 0.1) is 0 Å². The number of hydrogen-bond acceptors (Lipinski definition) is 4. The Balaban J connectivity index is 2.97. The lowest BCUT2D eigenvalue weighted by Gasteiger charge is -2.24. The van der Waals surface area contributed by atoms with Crippen LogP contribution in [-0.4, -0.2) is 23.2 Å². The second kappa shape index (κ2) is 5.35. The molecule has 0 aromatic rings. The number of allylic oxidation sites excluding steroid dienone is 1. The summed E-state index contributed by atoms with van der Waals surface area (Å²) in [7, 11) is 0. The molecule has 1 rings (SSSR count). The summed E-state index contributed by atoms with van der Waals surface area (Å²) in [6.45, 7) is 5.68. The van der Waals surface area contributed by atoms with Crippen molar-refractivity contribution in [1.29, 1.82) is 0 Å². The van der Waals surface area contributed by atoms with Gasteiger partial charge >= 0.3 is 0 Å². The SMILES string of the molecule is CCC[C@H]1N=C(SC)NC(C)=C1C(C)=O. The molecule has 1 heterocycles. The third kappa shape index (κ3) is 2.84. The van der Waals surface area contributed by atoms with Crippen LogP contribution in [0.2, 0.25) is 0 Å². The number of ketones is 1. The number of rotatable bonds is 3. The first-order valence-corrected chi connectivity index (χ1v) is 6.43. The van der Waals surface area contributed by atoms with Gasteiger partial charge in [0.25, 0.3) is 0 Å². The molecule has 0 unspecified atom stereocenters. The molecule has 0 saturated heterocycles. The van der Waals surface area contributed by atoms with Crippen LogP contribution in [0.4, 0.5) is 0 Å². The fraction of sp³-hybridized carbons (Fsp3) is 0.636. The number of nitrogens with one attached hydrogen (secondary N) is 1.